The van der Waals surface area contributed by atoms with Crippen LogP contribution >= 0.6 is 0 Å². The van der Waals surface area contributed by atoms with E-state index in [1.165, 1.54) is 12.5 Å². The van der Waals surface area contributed by atoms with E-state index in [0.717, 1.165) is 6.54 Å². The van der Waals surface area contributed by atoms with Gasteiger partial charge in [-0.25, -0.2) is 0 Å². The summed E-state index contributed by atoms with van der Waals surface area (Å²) < 4.78 is 0. The molecule has 54 valence electrons. The second kappa shape index (κ2) is 7.85. The van der Waals surface area contributed by atoms with E-state index in [-0.39, 0.29) is 9.52 Å². The van der Waals surface area contributed by atoms with E-state index in [4.69, 9.17) is 5.73 Å². The topological polar surface area (TPSA) is 38.4 Å². The molecule has 0 saturated heterocycles. The maximum absolute atomic E-state index is 5.24. The van der Waals surface area contributed by atoms with Gasteiger partial charge in [0.15, 0.2) is 0 Å². The maximum Gasteiger partial charge on any atom is 0.0508 e. The van der Waals surface area contributed by atoms with Crippen LogP contribution in [-0.4, -0.2) is 28.8 Å². The van der Waals surface area contributed by atoms with Crippen molar-refractivity contribution in [3.05, 3.63) is 0 Å². The fourth-order valence-electron chi connectivity index (χ4n) is 0.553. The average molecular weight is 144 g/mol. The molecule has 0 aliphatic heterocycles. The fraction of sp³-hybridized carbons (Fsp3) is 0.833. The molecule has 0 aromatic rings. The third kappa shape index (κ3) is 7.85. The van der Waals surface area contributed by atoms with Gasteiger partial charge in [-0.1, -0.05) is 12.6 Å². The third-order valence-corrected chi connectivity index (χ3v) is 2.19. The molecule has 0 aliphatic carbocycles. The molecule has 0 fully saturated rings. The van der Waals surface area contributed by atoms with Gasteiger partial charge in [-0.2, -0.15) is 0 Å². The van der Waals surface area contributed by atoms with Crippen LogP contribution in [0.2, 0.25) is 12.6 Å². The van der Waals surface area contributed by atoms with Crippen LogP contribution in [0.5, 0.6) is 0 Å². The zero-order valence-electron chi connectivity index (χ0n) is 6.14. The molecule has 3 heteroatoms. The summed E-state index contributed by atoms with van der Waals surface area (Å²) in [7, 11) is 0.257. The van der Waals surface area contributed by atoms with E-state index < -0.39 is 0 Å². The second-order valence-corrected chi connectivity index (χ2v) is 3.73. The number of hydrogen-bond donors (Lipinski definition) is 1. The quantitative estimate of drug-likeness (QED) is 0.330. The van der Waals surface area contributed by atoms with Gasteiger partial charge in [0.05, 0.1) is 6.54 Å². The van der Waals surface area contributed by atoms with Crippen LogP contribution in [0.3, 0.4) is 0 Å². The Balaban J connectivity index is 2.86. The van der Waals surface area contributed by atoms with Crippen LogP contribution in [0.1, 0.15) is 6.42 Å². The summed E-state index contributed by atoms with van der Waals surface area (Å²) in [4.78, 5) is 4.10. The lowest BCUT2D eigenvalue weighted by atomic mass is 10.5. The average Bonchev–Trinajstić information content (AvgIpc) is 1.89. The lowest BCUT2D eigenvalue weighted by Gasteiger charge is -1.87. The predicted molar refractivity (Wildman–Crippen MR) is 46.2 cm³/mol. The summed E-state index contributed by atoms with van der Waals surface area (Å²) >= 11 is 0. The molecule has 2 N–H and O–H groups in total. The molecular weight excluding hydrogens is 128 g/mol. The Labute approximate surface area is 59.4 Å². The summed E-state index contributed by atoms with van der Waals surface area (Å²) in [6.07, 6.45) is 3.17. The summed E-state index contributed by atoms with van der Waals surface area (Å²) in [6, 6.07) is 1.38. The van der Waals surface area contributed by atoms with Gasteiger partial charge in [-0.15, -0.1) is 0 Å². The van der Waals surface area contributed by atoms with Gasteiger partial charge in [0.25, 0.3) is 0 Å². The van der Waals surface area contributed by atoms with Crippen molar-refractivity contribution in [2.75, 3.05) is 13.1 Å². The molecule has 0 rings (SSSR count). The molecule has 0 bridgehead atoms. The molecule has 9 heavy (non-hydrogen) atoms. The van der Waals surface area contributed by atoms with Crippen molar-refractivity contribution in [3.8, 4) is 0 Å². The van der Waals surface area contributed by atoms with Crippen molar-refractivity contribution < 1.29 is 0 Å². The van der Waals surface area contributed by atoms with Crippen LogP contribution in [0.25, 0.3) is 0 Å². The molecule has 0 heterocycles. The summed E-state index contributed by atoms with van der Waals surface area (Å²) in [5, 5.41) is 0. The van der Waals surface area contributed by atoms with Gasteiger partial charge < -0.3 is 5.73 Å². The normalized spacial score (nSPS) is 12.2. The van der Waals surface area contributed by atoms with E-state index in [1.807, 2.05) is 6.21 Å². The van der Waals surface area contributed by atoms with E-state index in [2.05, 4.69) is 11.5 Å². The molecule has 0 aromatic carbocycles. The van der Waals surface area contributed by atoms with Crippen LogP contribution in [0.4, 0.5) is 0 Å². The van der Waals surface area contributed by atoms with Crippen molar-refractivity contribution in [3.63, 3.8) is 0 Å². The minimum atomic E-state index is 0.257. The monoisotopic (exact) mass is 144 g/mol. The first-order chi connectivity index (χ1) is 4.41. The standard InChI is InChI=1S/C6H16N2Si/c1-9-6-2-4-8-5-3-7/h4H,2-3,5-7,9H2,1H3. The molecule has 2 nitrogen and oxygen atoms in total. The van der Waals surface area contributed by atoms with Crippen LogP contribution in [0.15, 0.2) is 4.99 Å². The van der Waals surface area contributed by atoms with Crippen molar-refractivity contribution in [1.29, 1.82) is 0 Å². The molecule has 0 spiro atoms. The molecule has 0 aromatic heterocycles. The van der Waals surface area contributed by atoms with Gasteiger partial charge in [-0.05, 0) is 12.6 Å². The Morgan fingerprint density at radius 3 is 3.00 bits per heavy atom. The zero-order valence-corrected chi connectivity index (χ0v) is 7.55. The summed E-state index contributed by atoms with van der Waals surface area (Å²) in [6.45, 7) is 3.79. The van der Waals surface area contributed by atoms with E-state index in [9.17, 15) is 0 Å². The molecule has 0 atom stereocenters. The Morgan fingerprint density at radius 2 is 2.44 bits per heavy atom. The van der Waals surface area contributed by atoms with Gasteiger partial charge in [-0.3, -0.25) is 4.99 Å². The van der Waals surface area contributed by atoms with E-state index in [0.29, 0.717) is 6.54 Å². The largest absolute Gasteiger partial charge is 0.329 e. The second-order valence-electron chi connectivity index (χ2n) is 2.02. The minimum Gasteiger partial charge on any atom is -0.329 e. The van der Waals surface area contributed by atoms with Gasteiger partial charge in [0, 0.05) is 16.1 Å². The highest BCUT2D eigenvalue weighted by molar-refractivity contribution is 6.33. The molecule has 0 saturated carbocycles. The highest BCUT2D eigenvalue weighted by atomic mass is 28.2. The Hall–Kier alpha value is -0.153. The first kappa shape index (κ1) is 8.85. The fourth-order valence-corrected chi connectivity index (χ4v) is 1.14. The summed E-state index contributed by atoms with van der Waals surface area (Å²) in [5.41, 5.74) is 5.24. The molecule has 0 unspecified atom stereocenters. The van der Waals surface area contributed by atoms with Gasteiger partial charge in [0.2, 0.25) is 0 Å². The molecular formula is C6H16N2Si. The highest BCUT2D eigenvalue weighted by Gasteiger charge is 1.77. The molecule has 0 aliphatic rings. The molecule has 0 radical (unpaired) electrons. The number of aliphatic imine (C=N–C) groups is 1. The predicted octanol–water partition coefficient (Wildman–Crippen LogP) is 0.0412. The Morgan fingerprint density at radius 1 is 1.67 bits per heavy atom. The van der Waals surface area contributed by atoms with Crippen molar-refractivity contribution in [1.82, 2.24) is 0 Å². The van der Waals surface area contributed by atoms with Crippen molar-refractivity contribution in [2.45, 2.75) is 19.0 Å². The third-order valence-electron chi connectivity index (χ3n) is 1.07. The number of hydrogen-bond acceptors (Lipinski definition) is 2. The summed E-state index contributed by atoms with van der Waals surface area (Å²) in [5.74, 6) is 0. The SMILES string of the molecule is C[SiH2]CCC=NCCN. The number of nitrogens with two attached hydrogens (primary N) is 1. The van der Waals surface area contributed by atoms with Gasteiger partial charge in [0.1, 0.15) is 0 Å². The van der Waals surface area contributed by atoms with Crippen LogP contribution < -0.4 is 5.73 Å². The highest BCUT2D eigenvalue weighted by Crippen LogP contribution is 1.82. The minimum absolute atomic E-state index is 0.257. The Kier molecular flexibility index (Phi) is 7.71. The lowest BCUT2D eigenvalue weighted by Crippen LogP contribution is -2.02. The Bertz CT molecular complexity index is 73.5. The molecule has 0 amide bonds. The first-order valence-electron chi connectivity index (χ1n) is 3.60. The van der Waals surface area contributed by atoms with Crippen molar-refractivity contribution in [2.24, 2.45) is 10.7 Å². The number of rotatable bonds is 5. The van der Waals surface area contributed by atoms with Crippen LogP contribution in [0, 0.1) is 0 Å². The van der Waals surface area contributed by atoms with E-state index in [1.54, 1.807) is 0 Å². The first-order valence-corrected chi connectivity index (χ1v) is 6.01. The van der Waals surface area contributed by atoms with Crippen molar-refractivity contribution >= 4 is 15.7 Å². The van der Waals surface area contributed by atoms with E-state index >= 15 is 0 Å². The smallest absolute Gasteiger partial charge is 0.0508 e. The number of nitrogens with zero attached hydrogens (tertiary/aromatic N) is 1. The van der Waals surface area contributed by atoms with Crippen LogP contribution in [-0.2, 0) is 0 Å². The maximum atomic E-state index is 5.24. The lowest BCUT2D eigenvalue weighted by molar-refractivity contribution is 0.975. The van der Waals surface area contributed by atoms with Gasteiger partial charge >= 0.3 is 0 Å². The zero-order chi connectivity index (χ0) is 6.95.